The quantitative estimate of drug-likeness (QED) is 0.470. The van der Waals surface area contributed by atoms with Crippen LogP contribution in [0.4, 0.5) is 0 Å². The second-order valence-electron chi connectivity index (χ2n) is 5.52. The van der Waals surface area contributed by atoms with Gasteiger partial charge >= 0.3 is 0 Å². The van der Waals surface area contributed by atoms with Gasteiger partial charge in [-0.15, -0.1) is 0 Å². The van der Waals surface area contributed by atoms with Crippen molar-refractivity contribution >= 4 is 28.1 Å². The number of para-hydroxylation sites is 1. The van der Waals surface area contributed by atoms with Crippen molar-refractivity contribution in [3.05, 3.63) is 100 Å². The van der Waals surface area contributed by atoms with E-state index in [1.54, 1.807) is 18.3 Å². The zero-order valence-corrected chi connectivity index (χ0v) is 15.5. The average molecular weight is 409 g/mol. The van der Waals surface area contributed by atoms with Gasteiger partial charge in [0.15, 0.2) is 0 Å². The number of carbonyl (C=O) groups excluding carboxylic acids is 1. The average Bonchev–Trinajstić information content (AvgIpc) is 2.68. The fraction of sp³-hybridized carbons (Fsp3) is 0.0476. The Morgan fingerprint density at radius 3 is 2.42 bits per heavy atom. The molecule has 0 bridgehead atoms. The number of carbonyl (C=O) groups is 1. The smallest absolute Gasteiger partial charge is 0.271 e. The number of amides is 1. The summed E-state index contributed by atoms with van der Waals surface area (Å²) in [6.45, 7) is 0.469. The van der Waals surface area contributed by atoms with Crippen molar-refractivity contribution in [2.45, 2.75) is 6.61 Å². The molecular weight excluding hydrogens is 392 g/mol. The highest BCUT2D eigenvalue weighted by molar-refractivity contribution is 9.10. The maximum absolute atomic E-state index is 12.1. The van der Waals surface area contributed by atoms with E-state index in [1.165, 1.54) is 0 Å². The summed E-state index contributed by atoms with van der Waals surface area (Å²) in [6.07, 6.45) is 1.58. The largest absolute Gasteiger partial charge is 0.488 e. The third kappa shape index (κ3) is 5.04. The fourth-order valence-corrected chi connectivity index (χ4v) is 2.54. The lowest BCUT2D eigenvalue weighted by atomic mass is 10.2. The summed E-state index contributed by atoms with van der Waals surface area (Å²) in [6, 6.07) is 24.6. The summed E-state index contributed by atoms with van der Waals surface area (Å²) in [7, 11) is 0. The maximum atomic E-state index is 12.1. The Bertz CT molecular complexity index is 893. The van der Waals surface area contributed by atoms with Crippen LogP contribution in [0.5, 0.6) is 5.75 Å². The first-order valence-electron chi connectivity index (χ1n) is 8.07. The van der Waals surface area contributed by atoms with Crippen molar-refractivity contribution in [3.63, 3.8) is 0 Å². The number of hydrazone groups is 1. The lowest BCUT2D eigenvalue weighted by Crippen LogP contribution is -2.17. The molecule has 3 aromatic carbocycles. The third-order valence-electron chi connectivity index (χ3n) is 3.63. The molecule has 0 aliphatic rings. The van der Waals surface area contributed by atoms with E-state index in [0.29, 0.717) is 17.9 Å². The number of nitrogens with one attached hydrogen (secondary N) is 1. The predicted molar refractivity (Wildman–Crippen MR) is 106 cm³/mol. The normalized spacial score (nSPS) is 10.7. The Morgan fingerprint density at radius 2 is 1.65 bits per heavy atom. The first-order valence-corrected chi connectivity index (χ1v) is 8.86. The van der Waals surface area contributed by atoms with Gasteiger partial charge in [0.2, 0.25) is 0 Å². The summed E-state index contributed by atoms with van der Waals surface area (Å²) in [5.41, 5.74) is 4.95. The topological polar surface area (TPSA) is 50.7 Å². The molecule has 0 aromatic heterocycles. The Morgan fingerprint density at radius 1 is 0.962 bits per heavy atom. The minimum Gasteiger partial charge on any atom is -0.488 e. The molecule has 0 aliphatic heterocycles. The van der Waals surface area contributed by atoms with Crippen molar-refractivity contribution in [2.75, 3.05) is 0 Å². The van der Waals surface area contributed by atoms with Crippen molar-refractivity contribution < 1.29 is 9.53 Å². The molecular formula is C21H17BrN2O2. The van der Waals surface area contributed by atoms with Crippen LogP contribution < -0.4 is 10.2 Å². The number of nitrogens with zero attached hydrogens (tertiary/aromatic N) is 1. The number of hydrogen-bond acceptors (Lipinski definition) is 3. The molecule has 5 heteroatoms. The van der Waals surface area contributed by atoms with E-state index in [2.05, 4.69) is 26.5 Å². The molecule has 26 heavy (non-hydrogen) atoms. The van der Waals surface area contributed by atoms with Gasteiger partial charge in [0.25, 0.3) is 5.91 Å². The molecule has 0 saturated heterocycles. The molecule has 1 amide bonds. The molecule has 3 rings (SSSR count). The molecule has 3 aromatic rings. The van der Waals surface area contributed by atoms with Gasteiger partial charge in [0.05, 0.1) is 6.21 Å². The summed E-state index contributed by atoms with van der Waals surface area (Å²) in [5.74, 6) is 0.439. The standard InChI is InChI=1S/C21H17BrN2O2/c22-19-12-10-17(11-13-19)21(25)24-23-14-18-8-4-5-9-20(18)26-15-16-6-2-1-3-7-16/h1-14H,15H2,(H,24,25)/b23-14-. The van der Waals surface area contributed by atoms with Crippen LogP contribution in [0.3, 0.4) is 0 Å². The van der Waals surface area contributed by atoms with Crippen LogP contribution in [0.1, 0.15) is 21.5 Å². The molecule has 0 unspecified atom stereocenters. The van der Waals surface area contributed by atoms with Gasteiger partial charge in [0, 0.05) is 15.6 Å². The van der Waals surface area contributed by atoms with E-state index in [9.17, 15) is 4.79 Å². The molecule has 0 radical (unpaired) electrons. The highest BCUT2D eigenvalue weighted by atomic mass is 79.9. The Hall–Kier alpha value is -2.92. The van der Waals surface area contributed by atoms with Gasteiger partial charge in [0.1, 0.15) is 12.4 Å². The summed E-state index contributed by atoms with van der Waals surface area (Å²) in [5, 5.41) is 4.04. The number of ether oxygens (including phenoxy) is 1. The second kappa shape index (κ2) is 8.97. The van der Waals surface area contributed by atoms with Crippen LogP contribution in [0.25, 0.3) is 0 Å². The molecule has 0 heterocycles. The molecule has 130 valence electrons. The fourth-order valence-electron chi connectivity index (χ4n) is 2.28. The number of rotatable bonds is 6. The minimum atomic E-state index is -0.267. The predicted octanol–water partition coefficient (Wildman–Crippen LogP) is 4.79. The van der Waals surface area contributed by atoms with Gasteiger partial charge < -0.3 is 4.74 Å². The van der Waals surface area contributed by atoms with Crippen molar-refractivity contribution in [3.8, 4) is 5.75 Å². The summed E-state index contributed by atoms with van der Waals surface area (Å²) in [4.78, 5) is 12.1. The third-order valence-corrected chi connectivity index (χ3v) is 4.16. The molecule has 4 nitrogen and oxygen atoms in total. The van der Waals surface area contributed by atoms with Crippen LogP contribution in [-0.4, -0.2) is 12.1 Å². The van der Waals surface area contributed by atoms with Gasteiger partial charge in [-0.05, 0) is 42.0 Å². The Kier molecular flexibility index (Phi) is 6.17. The Labute approximate surface area is 160 Å². The van der Waals surface area contributed by atoms with E-state index in [-0.39, 0.29) is 5.91 Å². The van der Waals surface area contributed by atoms with E-state index in [4.69, 9.17) is 4.74 Å². The Balaban J connectivity index is 1.63. The van der Waals surface area contributed by atoms with Crippen LogP contribution in [0, 0.1) is 0 Å². The molecule has 0 aliphatic carbocycles. The van der Waals surface area contributed by atoms with Crippen LogP contribution in [-0.2, 0) is 6.61 Å². The molecule has 0 atom stereocenters. The minimum absolute atomic E-state index is 0.267. The molecule has 0 fully saturated rings. The van der Waals surface area contributed by atoms with Gasteiger partial charge in [-0.25, -0.2) is 5.43 Å². The molecule has 1 N–H and O–H groups in total. The first-order chi connectivity index (χ1) is 12.7. The maximum Gasteiger partial charge on any atom is 0.271 e. The monoisotopic (exact) mass is 408 g/mol. The zero-order chi connectivity index (χ0) is 18.2. The van der Waals surface area contributed by atoms with E-state index in [1.807, 2.05) is 66.7 Å². The highest BCUT2D eigenvalue weighted by Crippen LogP contribution is 2.17. The van der Waals surface area contributed by atoms with Crippen molar-refractivity contribution in [1.29, 1.82) is 0 Å². The summed E-state index contributed by atoms with van der Waals surface area (Å²) >= 11 is 3.34. The first kappa shape index (κ1) is 17.9. The van der Waals surface area contributed by atoms with Gasteiger partial charge in [-0.3, -0.25) is 4.79 Å². The molecule has 0 spiro atoms. The van der Waals surface area contributed by atoms with Crippen LogP contribution >= 0.6 is 15.9 Å². The van der Waals surface area contributed by atoms with E-state index < -0.39 is 0 Å². The summed E-state index contributed by atoms with van der Waals surface area (Å²) < 4.78 is 6.79. The van der Waals surface area contributed by atoms with Crippen molar-refractivity contribution in [1.82, 2.24) is 5.43 Å². The van der Waals surface area contributed by atoms with E-state index >= 15 is 0 Å². The van der Waals surface area contributed by atoms with Crippen molar-refractivity contribution in [2.24, 2.45) is 5.10 Å². The van der Waals surface area contributed by atoms with Crippen LogP contribution in [0.15, 0.2) is 88.4 Å². The molecule has 0 saturated carbocycles. The van der Waals surface area contributed by atoms with E-state index in [0.717, 1.165) is 15.6 Å². The van der Waals surface area contributed by atoms with Gasteiger partial charge in [-0.1, -0.05) is 58.4 Å². The highest BCUT2D eigenvalue weighted by Gasteiger charge is 2.04. The SMILES string of the molecule is O=C(N/N=C\c1ccccc1OCc1ccccc1)c1ccc(Br)cc1. The van der Waals surface area contributed by atoms with Crippen LogP contribution in [0.2, 0.25) is 0 Å². The lowest BCUT2D eigenvalue weighted by molar-refractivity contribution is 0.0955. The number of hydrogen-bond donors (Lipinski definition) is 1. The number of halogens is 1. The van der Waals surface area contributed by atoms with Gasteiger partial charge in [-0.2, -0.15) is 5.10 Å². The lowest BCUT2D eigenvalue weighted by Gasteiger charge is -2.09. The zero-order valence-electron chi connectivity index (χ0n) is 13.9. The second-order valence-corrected chi connectivity index (χ2v) is 6.43. The number of benzene rings is 3.